The average molecular weight is 533 g/mol. The largest absolute Gasteiger partial charge is 0.478 e. The predicted molar refractivity (Wildman–Crippen MR) is 141 cm³/mol. The molecular formula is C27H17ClN2O6S. The van der Waals surface area contributed by atoms with Crippen LogP contribution in [0.5, 0.6) is 0 Å². The van der Waals surface area contributed by atoms with E-state index in [4.69, 9.17) is 16.0 Å². The van der Waals surface area contributed by atoms with E-state index in [2.05, 4.69) is 5.32 Å². The Morgan fingerprint density at radius 1 is 1.03 bits per heavy atom. The molecule has 0 radical (unpaired) electrons. The van der Waals surface area contributed by atoms with Gasteiger partial charge in [-0.2, -0.15) is 0 Å². The minimum atomic E-state index is -1.11. The van der Waals surface area contributed by atoms with Crippen LogP contribution in [0.3, 0.4) is 0 Å². The Balaban J connectivity index is 1.31. The molecule has 3 amide bonds. The fourth-order valence-electron chi connectivity index (χ4n) is 3.86. The van der Waals surface area contributed by atoms with Crippen LogP contribution in [0, 0.1) is 0 Å². The highest BCUT2D eigenvalue weighted by molar-refractivity contribution is 8.18. The molecule has 0 bridgehead atoms. The van der Waals surface area contributed by atoms with Gasteiger partial charge in [-0.05, 0) is 53.5 Å². The second kappa shape index (κ2) is 9.96. The van der Waals surface area contributed by atoms with Crippen molar-refractivity contribution in [3.63, 3.8) is 0 Å². The summed E-state index contributed by atoms with van der Waals surface area (Å²) < 4.78 is 5.74. The second-order valence-corrected chi connectivity index (χ2v) is 9.44. The molecule has 3 aromatic carbocycles. The molecule has 1 aromatic heterocycles. The smallest absolute Gasteiger partial charge is 0.335 e. The number of fused-ring (bicyclic) bond motifs is 1. The number of hydrogen-bond acceptors (Lipinski definition) is 6. The standard InChI is InChI=1S/C27H17ClN2O6S/c28-20-10-8-16(26(33)34)12-19(20)22-11-9-17(36-22)13-23-25(32)30(27(35)37-23)14-24(31)29-21-7-3-5-15-4-1-2-6-18(15)21/h1-13H,14H2,(H,29,31)(H,33,34)/b23-13-. The molecule has 2 heterocycles. The van der Waals surface area contributed by atoms with E-state index in [0.717, 1.165) is 15.7 Å². The number of halogens is 1. The van der Waals surface area contributed by atoms with Crippen molar-refractivity contribution in [2.75, 3.05) is 11.9 Å². The van der Waals surface area contributed by atoms with Crippen molar-refractivity contribution in [1.82, 2.24) is 4.90 Å². The van der Waals surface area contributed by atoms with Gasteiger partial charge in [-0.1, -0.05) is 48.0 Å². The predicted octanol–water partition coefficient (Wildman–Crippen LogP) is 6.13. The van der Waals surface area contributed by atoms with Gasteiger partial charge in [-0.3, -0.25) is 19.3 Å². The van der Waals surface area contributed by atoms with Gasteiger partial charge in [-0.25, -0.2) is 4.79 Å². The number of furan rings is 1. The highest BCUT2D eigenvalue weighted by atomic mass is 35.5. The monoisotopic (exact) mass is 532 g/mol. The van der Waals surface area contributed by atoms with Gasteiger partial charge in [0.15, 0.2) is 0 Å². The molecule has 184 valence electrons. The first-order valence-electron chi connectivity index (χ1n) is 11.0. The van der Waals surface area contributed by atoms with Gasteiger partial charge in [0.2, 0.25) is 5.91 Å². The zero-order valence-corrected chi connectivity index (χ0v) is 20.5. The van der Waals surface area contributed by atoms with Gasteiger partial charge in [0.25, 0.3) is 11.1 Å². The first-order valence-corrected chi connectivity index (χ1v) is 12.2. The van der Waals surface area contributed by atoms with E-state index >= 15 is 0 Å². The molecule has 0 spiro atoms. The topological polar surface area (TPSA) is 117 Å². The number of benzene rings is 3. The Kier molecular flexibility index (Phi) is 6.56. The Morgan fingerprint density at radius 2 is 1.81 bits per heavy atom. The molecule has 37 heavy (non-hydrogen) atoms. The third-order valence-corrected chi connectivity index (χ3v) is 6.85. The maximum Gasteiger partial charge on any atom is 0.335 e. The Bertz CT molecular complexity index is 1620. The number of carboxylic acids is 1. The number of amides is 3. The van der Waals surface area contributed by atoms with Crippen molar-refractivity contribution >= 4 is 68.9 Å². The second-order valence-electron chi connectivity index (χ2n) is 8.04. The Labute approximate surface area is 219 Å². The maximum absolute atomic E-state index is 12.9. The molecule has 1 aliphatic heterocycles. The molecule has 0 saturated carbocycles. The Hall–Kier alpha value is -4.34. The van der Waals surface area contributed by atoms with Crippen LogP contribution in [0.1, 0.15) is 16.1 Å². The lowest BCUT2D eigenvalue weighted by molar-refractivity contribution is -0.127. The van der Waals surface area contributed by atoms with E-state index in [1.54, 1.807) is 18.2 Å². The van der Waals surface area contributed by atoms with E-state index in [1.165, 1.54) is 24.3 Å². The lowest BCUT2D eigenvalue weighted by Crippen LogP contribution is -2.36. The third-order valence-electron chi connectivity index (χ3n) is 5.62. The van der Waals surface area contributed by atoms with Gasteiger partial charge in [0, 0.05) is 22.7 Å². The number of anilines is 1. The number of carbonyl (C=O) groups excluding carboxylic acids is 3. The summed E-state index contributed by atoms with van der Waals surface area (Å²) in [5.74, 6) is -1.67. The number of carbonyl (C=O) groups is 4. The molecule has 0 unspecified atom stereocenters. The normalized spacial score (nSPS) is 14.5. The van der Waals surface area contributed by atoms with E-state index in [-0.39, 0.29) is 16.2 Å². The van der Waals surface area contributed by atoms with Crippen LogP contribution in [0.4, 0.5) is 10.5 Å². The van der Waals surface area contributed by atoms with Crippen LogP contribution < -0.4 is 5.32 Å². The lowest BCUT2D eigenvalue weighted by Gasteiger charge is -2.13. The van der Waals surface area contributed by atoms with Crippen LogP contribution in [-0.2, 0) is 9.59 Å². The van der Waals surface area contributed by atoms with Crippen LogP contribution in [0.15, 0.2) is 82.1 Å². The van der Waals surface area contributed by atoms with Gasteiger partial charge < -0.3 is 14.8 Å². The summed E-state index contributed by atoms with van der Waals surface area (Å²) in [5.41, 5.74) is 0.999. The molecule has 8 nitrogen and oxygen atoms in total. The highest BCUT2D eigenvalue weighted by Crippen LogP contribution is 2.35. The van der Waals surface area contributed by atoms with Gasteiger partial charge in [-0.15, -0.1) is 0 Å². The molecule has 1 saturated heterocycles. The summed E-state index contributed by atoms with van der Waals surface area (Å²) >= 11 is 6.90. The zero-order valence-electron chi connectivity index (χ0n) is 18.9. The summed E-state index contributed by atoms with van der Waals surface area (Å²) in [4.78, 5) is 50.3. The minimum Gasteiger partial charge on any atom is -0.478 e. The van der Waals surface area contributed by atoms with Crippen LogP contribution in [0.25, 0.3) is 28.2 Å². The van der Waals surface area contributed by atoms with Crippen molar-refractivity contribution in [2.24, 2.45) is 0 Å². The van der Waals surface area contributed by atoms with Crippen LogP contribution >= 0.6 is 23.4 Å². The molecule has 10 heteroatoms. The summed E-state index contributed by atoms with van der Waals surface area (Å²) in [6, 6.07) is 20.4. The number of hydrogen-bond donors (Lipinski definition) is 2. The van der Waals surface area contributed by atoms with Gasteiger partial charge in [0.1, 0.15) is 18.1 Å². The first kappa shape index (κ1) is 24.4. The maximum atomic E-state index is 12.9. The first-order chi connectivity index (χ1) is 17.8. The number of aromatic carboxylic acids is 1. The van der Waals surface area contributed by atoms with Crippen LogP contribution in [-0.4, -0.2) is 39.6 Å². The SMILES string of the molecule is O=C(CN1C(=O)S/C(=C\c2ccc(-c3cc(C(=O)O)ccc3Cl)o2)C1=O)Nc1cccc2ccccc12. The molecule has 1 aliphatic rings. The number of rotatable bonds is 6. The summed E-state index contributed by atoms with van der Waals surface area (Å²) in [6.45, 7) is -0.438. The molecule has 4 aromatic rings. The van der Waals surface area contributed by atoms with E-state index < -0.39 is 29.6 Å². The van der Waals surface area contributed by atoms with Crippen molar-refractivity contribution in [1.29, 1.82) is 0 Å². The quantitative estimate of drug-likeness (QED) is 0.287. The average Bonchev–Trinajstić information content (AvgIpc) is 3.44. The van der Waals surface area contributed by atoms with Crippen molar-refractivity contribution < 1.29 is 28.7 Å². The molecular weight excluding hydrogens is 516 g/mol. The summed E-state index contributed by atoms with van der Waals surface area (Å²) in [6.07, 6.45) is 1.39. The van der Waals surface area contributed by atoms with Gasteiger partial charge in [0.05, 0.1) is 15.5 Å². The van der Waals surface area contributed by atoms with Crippen molar-refractivity contribution in [2.45, 2.75) is 0 Å². The summed E-state index contributed by atoms with van der Waals surface area (Å²) in [5, 5.41) is 13.5. The van der Waals surface area contributed by atoms with E-state index in [0.29, 0.717) is 33.8 Å². The number of carboxylic acid groups (broad SMARTS) is 1. The highest BCUT2D eigenvalue weighted by Gasteiger charge is 2.36. The molecule has 0 atom stereocenters. The van der Waals surface area contributed by atoms with Crippen molar-refractivity contribution in [3.05, 3.63) is 94.0 Å². The molecule has 1 fully saturated rings. The fraction of sp³-hybridized carbons (Fsp3) is 0.0370. The number of nitrogens with one attached hydrogen (secondary N) is 1. The van der Waals surface area contributed by atoms with E-state index in [9.17, 15) is 24.3 Å². The van der Waals surface area contributed by atoms with E-state index in [1.807, 2.05) is 36.4 Å². The zero-order chi connectivity index (χ0) is 26.1. The summed E-state index contributed by atoms with van der Waals surface area (Å²) in [7, 11) is 0. The third kappa shape index (κ3) is 5.00. The van der Waals surface area contributed by atoms with Crippen molar-refractivity contribution in [3.8, 4) is 11.3 Å². The fourth-order valence-corrected chi connectivity index (χ4v) is 4.88. The Morgan fingerprint density at radius 3 is 2.62 bits per heavy atom. The molecule has 2 N–H and O–H groups in total. The number of thioether (sulfide) groups is 1. The minimum absolute atomic E-state index is 0.0419. The number of imide groups is 1. The molecule has 0 aliphatic carbocycles. The number of nitrogens with zero attached hydrogens (tertiary/aromatic N) is 1. The molecule has 5 rings (SSSR count). The van der Waals surface area contributed by atoms with Crippen LogP contribution in [0.2, 0.25) is 5.02 Å². The lowest BCUT2D eigenvalue weighted by atomic mass is 10.1. The van der Waals surface area contributed by atoms with Gasteiger partial charge >= 0.3 is 5.97 Å².